The van der Waals surface area contributed by atoms with Crippen LogP contribution < -0.4 is 5.32 Å². The Labute approximate surface area is 123 Å². The molecule has 0 amide bonds. The fourth-order valence-corrected chi connectivity index (χ4v) is 2.10. The van der Waals surface area contributed by atoms with Gasteiger partial charge in [-0.3, -0.25) is 0 Å². The first kappa shape index (κ1) is 21.2. The van der Waals surface area contributed by atoms with E-state index in [-0.39, 0.29) is 0 Å². The van der Waals surface area contributed by atoms with E-state index in [1.54, 1.807) is 0 Å². The minimum Gasteiger partial charge on any atom is -0.317 e. The molecule has 0 aromatic rings. The molecule has 1 aliphatic heterocycles. The molecular weight excluding hydrogens is 232 g/mol. The predicted molar refractivity (Wildman–Crippen MR) is 89.9 cm³/mol. The van der Waals surface area contributed by atoms with Crippen LogP contribution >= 0.6 is 0 Å². The molecule has 0 spiro atoms. The summed E-state index contributed by atoms with van der Waals surface area (Å²) in [6.45, 7) is 14.6. The van der Waals surface area contributed by atoms with Crippen molar-refractivity contribution in [3.8, 4) is 0 Å². The average Bonchev–Trinajstić information content (AvgIpc) is 2.43. The predicted octanol–water partition coefficient (Wildman–Crippen LogP) is 4.41. The third-order valence-electron chi connectivity index (χ3n) is 3.77. The van der Waals surface area contributed by atoms with Gasteiger partial charge in [0.1, 0.15) is 0 Å². The standard InChI is InChI=1S/C9H21N.C6H13N.C2H6/c1-5-9(6-2)7-8-10(3)4;1-6-2-4-7-5-3-6;1-2/h9H,5-8H2,1-4H3;6-7H,2-5H2,1H3;1-2H3. The Kier molecular flexibility index (Phi) is 17.8. The van der Waals surface area contributed by atoms with Gasteiger partial charge in [0.15, 0.2) is 0 Å². The van der Waals surface area contributed by atoms with E-state index < -0.39 is 0 Å². The van der Waals surface area contributed by atoms with Crippen LogP contribution in [0.5, 0.6) is 0 Å². The van der Waals surface area contributed by atoms with Gasteiger partial charge in [0.25, 0.3) is 0 Å². The summed E-state index contributed by atoms with van der Waals surface area (Å²) >= 11 is 0. The lowest BCUT2D eigenvalue weighted by atomic mass is 10.00. The van der Waals surface area contributed by atoms with Gasteiger partial charge in [-0.05, 0) is 64.8 Å². The average molecular weight is 273 g/mol. The van der Waals surface area contributed by atoms with Crippen LogP contribution in [0.25, 0.3) is 0 Å². The lowest BCUT2D eigenvalue weighted by Gasteiger charge is -2.17. The molecule has 1 saturated heterocycles. The van der Waals surface area contributed by atoms with Gasteiger partial charge in [-0.15, -0.1) is 0 Å². The molecule has 0 bridgehead atoms. The van der Waals surface area contributed by atoms with Crippen molar-refractivity contribution in [2.75, 3.05) is 33.7 Å². The first-order chi connectivity index (χ1) is 9.10. The van der Waals surface area contributed by atoms with E-state index in [1.807, 2.05) is 13.8 Å². The summed E-state index contributed by atoms with van der Waals surface area (Å²) in [5, 5.41) is 3.32. The smallest absolute Gasteiger partial charge is 0.00222 e. The number of nitrogens with zero attached hydrogens (tertiary/aromatic N) is 1. The van der Waals surface area contributed by atoms with Gasteiger partial charge in [-0.2, -0.15) is 0 Å². The second-order valence-corrected chi connectivity index (χ2v) is 5.71. The third kappa shape index (κ3) is 15.9. The van der Waals surface area contributed by atoms with Crippen molar-refractivity contribution < 1.29 is 0 Å². The summed E-state index contributed by atoms with van der Waals surface area (Å²) in [5.74, 6) is 1.92. The SMILES string of the molecule is CC.CC1CCNCC1.CCC(CC)CCN(C)C. The number of hydrogen-bond acceptors (Lipinski definition) is 2. The highest BCUT2D eigenvalue weighted by Gasteiger charge is 2.05. The van der Waals surface area contributed by atoms with Gasteiger partial charge >= 0.3 is 0 Å². The van der Waals surface area contributed by atoms with Crippen molar-refractivity contribution in [1.82, 2.24) is 10.2 Å². The van der Waals surface area contributed by atoms with Crippen LogP contribution in [0.1, 0.15) is 66.7 Å². The van der Waals surface area contributed by atoms with E-state index in [9.17, 15) is 0 Å². The maximum Gasteiger partial charge on any atom is -0.00222 e. The Balaban J connectivity index is 0. The van der Waals surface area contributed by atoms with Gasteiger partial charge in [-0.1, -0.05) is 47.5 Å². The monoisotopic (exact) mass is 272 g/mol. The first-order valence-corrected chi connectivity index (χ1v) is 8.45. The van der Waals surface area contributed by atoms with Crippen molar-refractivity contribution in [3.63, 3.8) is 0 Å². The van der Waals surface area contributed by atoms with Crippen LogP contribution in [0.2, 0.25) is 0 Å². The molecule has 1 rings (SSSR count). The highest BCUT2D eigenvalue weighted by atomic mass is 15.0. The Morgan fingerprint density at radius 2 is 1.53 bits per heavy atom. The van der Waals surface area contributed by atoms with Crippen LogP contribution in [0.15, 0.2) is 0 Å². The summed E-state index contributed by atoms with van der Waals surface area (Å²) < 4.78 is 0. The lowest BCUT2D eigenvalue weighted by molar-refractivity contribution is 0.339. The zero-order valence-electron chi connectivity index (χ0n) is 14.8. The molecule has 0 aliphatic carbocycles. The number of nitrogens with one attached hydrogen (secondary N) is 1. The minimum atomic E-state index is 0.947. The van der Waals surface area contributed by atoms with Crippen molar-refractivity contribution in [2.24, 2.45) is 11.8 Å². The topological polar surface area (TPSA) is 15.3 Å². The van der Waals surface area contributed by atoms with Gasteiger partial charge < -0.3 is 10.2 Å². The van der Waals surface area contributed by atoms with E-state index in [0.717, 1.165) is 11.8 Å². The van der Waals surface area contributed by atoms with E-state index in [2.05, 4.69) is 45.1 Å². The van der Waals surface area contributed by atoms with E-state index in [0.29, 0.717) is 0 Å². The summed E-state index contributed by atoms with van der Waals surface area (Å²) in [7, 11) is 4.28. The van der Waals surface area contributed by atoms with E-state index in [1.165, 1.54) is 51.7 Å². The lowest BCUT2D eigenvalue weighted by Crippen LogP contribution is -2.26. The number of piperidine rings is 1. The minimum absolute atomic E-state index is 0.947. The number of rotatable bonds is 5. The summed E-state index contributed by atoms with van der Waals surface area (Å²) in [6.07, 6.45) is 6.79. The second-order valence-electron chi connectivity index (χ2n) is 5.71. The maximum atomic E-state index is 3.32. The maximum absolute atomic E-state index is 3.32. The zero-order valence-corrected chi connectivity index (χ0v) is 14.8. The van der Waals surface area contributed by atoms with E-state index >= 15 is 0 Å². The Hall–Kier alpha value is -0.0800. The van der Waals surface area contributed by atoms with Gasteiger partial charge in [0, 0.05) is 0 Å². The van der Waals surface area contributed by atoms with Crippen molar-refractivity contribution in [3.05, 3.63) is 0 Å². The summed E-state index contributed by atoms with van der Waals surface area (Å²) in [4.78, 5) is 2.26. The second kappa shape index (κ2) is 16.0. The van der Waals surface area contributed by atoms with Crippen molar-refractivity contribution in [2.45, 2.75) is 66.7 Å². The van der Waals surface area contributed by atoms with Crippen LogP contribution in [0, 0.1) is 11.8 Å². The van der Waals surface area contributed by atoms with Gasteiger partial charge in [0.2, 0.25) is 0 Å². The zero-order chi connectivity index (χ0) is 15.1. The molecule has 1 N–H and O–H groups in total. The molecule has 1 aliphatic rings. The van der Waals surface area contributed by atoms with Crippen LogP contribution in [0.3, 0.4) is 0 Å². The van der Waals surface area contributed by atoms with Gasteiger partial charge in [-0.25, -0.2) is 0 Å². The quantitative estimate of drug-likeness (QED) is 0.797. The number of hydrogen-bond donors (Lipinski definition) is 1. The van der Waals surface area contributed by atoms with Crippen LogP contribution in [-0.2, 0) is 0 Å². The summed E-state index contributed by atoms with van der Waals surface area (Å²) in [5.41, 5.74) is 0. The molecule has 0 unspecified atom stereocenters. The Bertz CT molecular complexity index is 147. The molecule has 1 heterocycles. The largest absolute Gasteiger partial charge is 0.317 e. The molecule has 0 aromatic carbocycles. The van der Waals surface area contributed by atoms with Crippen LogP contribution in [-0.4, -0.2) is 38.6 Å². The normalized spacial score (nSPS) is 15.6. The molecule has 0 atom stereocenters. The molecule has 2 heteroatoms. The third-order valence-corrected chi connectivity index (χ3v) is 3.77. The molecule has 0 saturated carbocycles. The molecule has 118 valence electrons. The van der Waals surface area contributed by atoms with Crippen molar-refractivity contribution >= 4 is 0 Å². The molecular formula is C17H40N2. The first-order valence-electron chi connectivity index (χ1n) is 8.45. The Morgan fingerprint density at radius 1 is 1.05 bits per heavy atom. The fourth-order valence-electron chi connectivity index (χ4n) is 2.10. The fraction of sp³-hybridized carbons (Fsp3) is 1.00. The van der Waals surface area contributed by atoms with Gasteiger partial charge in [0.05, 0.1) is 0 Å². The molecule has 0 radical (unpaired) electrons. The summed E-state index contributed by atoms with van der Waals surface area (Å²) in [6, 6.07) is 0. The highest BCUT2D eigenvalue weighted by Crippen LogP contribution is 2.11. The molecule has 0 aromatic heterocycles. The van der Waals surface area contributed by atoms with E-state index in [4.69, 9.17) is 0 Å². The molecule has 2 nitrogen and oxygen atoms in total. The molecule has 19 heavy (non-hydrogen) atoms. The molecule has 1 fully saturated rings. The highest BCUT2D eigenvalue weighted by molar-refractivity contribution is 4.63. The Morgan fingerprint density at radius 3 is 1.79 bits per heavy atom. The van der Waals surface area contributed by atoms with Crippen molar-refractivity contribution in [1.29, 1.82) is 0 Å². The van der Waals surface area contributed by atoms with Crippen LogP contribution in [0.4, 0.5) is 0 Å².